The number of amides is 1. The first kappa shape index (κ1) is 25.6. The standard InChI is InChI=1S/C25H18Br2Cl2N2O4/c1-2-33-21-8-14(7-20(29)24(21)34-13-15-5-3-4-6-19(15)28)12-30-31-25(32)22-10-16-9-17(26)11-18(27)23(16)35-22/h3-12H,2,13H2,1H3,(H,31,32)/b30-12-. The number of hydrazone groups is 1. The number of carbonyl (C=O) groups is 1. The molecule has 0 aliphatic heterocycles. The van der Waals surface area contributed by atoms with Crippen molar-refractivity contribution in [1.82, 2.24) is 5.43 Å². The Morgan fingerprint density at radius 1 is 1.09 bits per heavy atom. The molecule has 180 valence electrons. The molecular formula is C25H18Br2Cl2N2O4. The molecule has 1 aromatic heterocycles. The van der Waals surface area contributed by atoms with Gasteiger partial charge in [-0.3, -0.25) is 4.79 Å². The van der Waals surface area contributed by atoms with Crippen LogP contribution in [-0.2, 0) is 6.61 Å². The molecule has 0 aliphatic rings. The molecular weight excluding hydrogens is 623 g/mol. The first-order valence-corrected chi connectivity index (χ1v) is 12.7. The molecule has 0 fully saturated rings. The van der Waals surface area contributed by atoms with Gasteiger partial charge in [0.05, 0.1) is 22.3 Å². The van der Waals surface area contributed by atoms with E-state index in [9.17, 15) is 4.79 Å². The third-order valence-corrected chi connectivity index (χ3v) is 6.50. The average molecular weight is 641 g/mol. The molecule has 0 unspecified atom stereocenters. The van der Waals surface area contributed by atoms with Crippen molar-refractivity contribution >= 4 is 78.2 Å². The fraction of sp³-hybridized carbons (Fsp3) is 0.120. The van der Waals surface area contributed by atoms with Gasteiger partial charge in [0.2, 0.25) is 0 Å². The molecule has 6 nitrogen and oxygen atoms in total. The number of fused-ring (bicyclic) bond motifs is 1. The molecule has 1 heterocycles. The first-order valence-electron chi connectivity index (χ1n) is 10.4. The lowest BCUT2D eigenvalue weighted by molar-refractivity contribution is 0.0929. The first-order chi connectivity index (χ1) is 16.9. The predicted octanol–water partition coefficient (Wildman–Crippen LogP) is 8.01. The molecule has 0 atom stereocenters. The maximum atomic E-state index is 12.5. The summed E-state index contributed by atoms with van der Waals surface area (Å²) in [6, 6.07) is 16.1. The zero-order valence-corrected chi connectivity index (χ0v) is 23.0. The minimum atomic E-state index is -0.490. The lowest BCUT2D eigenvalue weighted by atomic mass is 10.2. The largest absolute Gasteiger partial charge is 0.490 e. The molecule has 0 saturated carbocycles. The Bertz CT molecular complexity index is 1420. The van der Waals surface area contributed by atoms with Gasteiger partial charge < -0.3 is 13.9 Å². The third kappa shape index (κ3) is 6.19. The van der Waals surface area contributed by atoms with E-state index in [1.54, 1.807) is 24.3 Å². The molecule has 4 rings (SSSR count). The maximum absolute atomic E-state index is 12.5. The van der Waals surface area contributed by atoms with Gasteiger partial charge in [-0.05, 0) is 64.8 Å². The number of nitrogens with one attached hydrogen (secondary N) is 1. The minimum absolute atomic E-state index is 0.132. The van der Waals surface area contributed by atoms with Crippen LogP contribution in [0, 0.1) is 0 Å². The SMILES string of the molecule is CCOc1cc(/C=N\NC(=O)c2cc3cc(Br)cc(Br)c3o2)cc(Cl)c1OCc1ccccc1Cl. The lowest BCUT2D eigenvalue weighted by Gasteiger charge is -2.15. The van der Waals surface area contributed by atoms with E-state index in [2.05, 4.69) is 42.4 Å². The number of ether oxygens (including phenoxy) is 2. The van der Waals surface area contributed by atoms with Gasteiger partial charge in [0.25, 0.3) is 0 Å². The Hall–Kier alpha value is -2.52. The van der Waals surface area contributed by atoms with Crippen LogP contribution >= 0.6 is 55.1 Å². The lowest BCUT2D eigenvalue weighted by Crippen LogP contribution is -2.16. The quantitative estimate of drug-likeness (QED) is 0.156. The number of benzene rings is 3. The number of hydrogen-bond acceptors (Lipinski definition) is 5. The summed E-state index contributed by atoms with van der Waals surface area (Å²) in [5, 5.41) is 5.74. The molecule has 4 aromatic rings. The fourth-order valence-corrected chi connectivity index (χ4v) is 5.04. The van der Waals surface area contributed by atoms with Crippen LogP contribution in [0.5, 0.6) is 11.5 Å². The summed E-state index contributed by atoms with van der Waals surface area (Å²) in [6.07, 6.45) is 1.46. The second-order valence-electron chi connectivity index (χ2n) is 7.26. The van der Waals surface area contributed by atoms with Gasteiger partial charge in [0.1, 0.15) is 12.2 Å². The predicted molar refractivity (Wildman–Crippen MR) is 145 cm³/mol. The smallest absolute Gasteiger partial charge is 0.307 e. The zero-order valence-electron chi connectivity index (χ0n) is 18.3. The van der Waals surface area contributed by atoms with Gasteiger partial charge in [-0.1, -0.05) is 57.3 Å². The van der Waals surface area contributed by atoms with E-state index >= 15 is 0 Å². The number of furan rings is 1. The van der Waals surface area contributed by atoms with Crippen molar-refractivity contribution in [2.75, 3.05) is 6.61 Å². The molecule has 3 aromatic carbocycles. The van der Waals surface area contributed by atoms with Crippen LogP contribution in [0.3, 0.4) is 0 Å². The van der Waals surface area contributed by atoms with E-state index in [0.29, 0.717) is 39.3 Å². The van der Waals surface area contributed by atoms with Gasteiger partial charge in [-0.15, -0.1) is 0 Å². The van der Waals surface area contributed by atoms with Crippen LogP contribution in [0.15, 0.2) is 73.1 Å². The Labute approximate surface area is 228 Å². The number of carbonyl (C=O) groups excluding carboxylic acids is 1. The number of hydrogen-bond donors (Lipinski definition) is 1. The van der Waals surface area contributed by atoms with Crippen molar-refractivity contribution in [3.63, 3.8) is 0 Å². The van der Waals surface area contributed by atoms with Crippen molar-refractivity contribution in [2.24, 2.45) is 5.10 Å². The summed E-state index contributed by atoms with van der Waals surface area (Å²) in [5.74, 6) is 0.491. The van der Waals surface area contributed by atoms with Crippen LogP contribution in [-0.4, -0.2) is 18.7 Å². The van der Waals surface area contributed by atoms with Crippen molar-refractivity contribution in [1.29, 1.82) is 0 Å². The highest BCUT2D eigenvalue weighted by Crippen LogP contribution is 2.37. The summed E-state index contributed by atoms with van der Waals surface area (Å²) in [7, 11) is 0. The maximum Gasteiger partial charge on any atom is 0.307 e. The van der Waals surface area contributed by atoms with E-state index < -0.39 is 5.91 Å². The van der Waals surface area contributed by atoms with Crippen molar-refractivity contribution in [3.8, 4) is 11.5 Å². The molecule has 0 bridgehead atoms. The van der Waals surface area contributed by atoms with Gasteiger partial charge >= 0.3 is 5.91 Å². The molecule has 0 aliphatic carbocycles. The highest BCUT2D eigenvalue weighted by atomic mass is 79.9. The van der Waals surface area contributed by atoms with Crippen molar-refractivity contribution < 1.29 is 18.7 Å². The molecule has 35 heavy (non-hydrogen) atoms. The van der Waals surface area contributed by atoms with Crippen LogP contribution in [0.25, 0.3) is 11.0 Å². The van der Waals surface area contributed by atoms with Crippen molar-refractivity contribution in [2.45, 2.75) is 13.5 Å². The van der Waals surface area contributed by atoms with Gasteiger partial charge in [0, 0.05) is 20.4 Å². The molecule has 0 radical (unpaired) electrons. The van der Waals surface area contributed by atoms with Gasteiger partial charge in [-0.2, -0.15) is 5.10 Å². The van der Waals surface area contributed by atoms with Crippen LogP contribution in [0.1, 0.15) is 28.6 Å². The van der Waals surface area contributed by atoms with E-state index in [-0.39, 0.29) is 12.4 Å². The fourth-order valence-electron chi connectivity index (χ4n) is 3.24. The summed E-state index contributed by atoms with van der Waals surface area (Å²) in [5.41, 5.74) is 4.47. The number of rotatable bonds is 8. The van der Waals surface area contributed by atoms with E-state index in [1.165, 1.54) is 6.21 Å². The molecule has 0 saturated heterocycles. The van der Waals surface area contributed by atoms with Crippen LogP contribution < -0.4 is 14.9 Å². The third-order valence-electron chi connectivity index (χ3n) is 4.80. The monoisotopic (exact) mass is 638 g/mol. The van der Waals surface area contributed by atoms with Crippen molar-refractivity contribution in [3.05, 3.63) is 90.5 Å². The topological polar surface area (TPSA) is 73.1 Å². The second-order valence-corrected chi connectivity index (χ2v) is 9.84. The Morgan fingerprint density at radius 2 is 1.89 bits per heavy atom. The molecule has 1 N–H and O–H groups in total. The summed E-state index contributed by atoms with van der Waals surface area (Å²) >= 11 is 19.5. The number of halogens is 4. The minimum Gasteiger partial charge on any atom is -0.490 e. The average Bonchev–Trinajstić information content (AvgIpc) is 3.24. The van der Waals surface area contributed by atoms with Crippen LogP contribution in [0.4, 0.5) is 0 Å². The highest BCUT2D eigenvalue weighted by Gasteiger charge is 2.15. The van der Waals surface area contributed by atoms with Gasteiger partial charge in [0.15, 0.2) is 17.3 Å². The molecule has 10 heteroatoms. The molecule has 1 amide bonds. The Morgan fingerprint density at radius 3 is 2.66 bits per heavy atom. The van der Waals surface area contributed by atoms with Crippen LogP contribution in [0.2, 0.25) is 10.0 Å². The normalized spacial score (nSPS) is 11.2. The zero-order chi connectivity index (χ0) is 24.9. The molecule has 0 spiro atoms. The van der Waals surface area contributed by atoms with E-state index in [0.717, 1.165) is 19.9 Å². The Kier molecular flexibility index (Phi) is 8.38. The van der Waals surface area contributed by atoms with E-state index in [4.69, 9.17) is 37.1 Å². The number of nitrogens with zero attached hydrogens (tertiary/aromatic N) is 1. The Balaban J connectivity index is 1.48. The summed E-state index contributed by atoms with van der Waals surface area (Å²) in [4.78, 5) is 12.5. The van der Waals surface area contributed by atoms with Gasteiger partial charge in [-0.25, -0.2) is 5.43 Å². The second kappa shape index (κ2) is 11.5. The summed E-state index contributed by atoms with van der Waals surface area (Å²) in [6.45, 7) is 2.50. The van der Waals surface area contributed by atoms with E-state index in [1.807, 2.05) is 37.3 Å². The summed E-state index contributed by atoms with van der Waals surface area (Å²) < 4.78 is 18.9. The highest BCUT2D eigenvalue weighted by molar-refractivity contribution is 9.11.